The van der Waals surface area contributed by atoms with E-state index in [4.69, 9.17) is 22.1 Å². The van der Waals surface area contributed by atoms with E-state index in [0.717, 1.165) is 31.1 Å². The van der Waals surface area contributed by atoms with Crippen molar-refractivity contribution in [3.8, 4) is 5.75 Å². The lowest BCUT2D eigenvalue weighted by Gasteiger charge is -2.40. The van der Waals surface area contributed by atoms with Crippen LogP contribution in [0.15, 0.2) is 53.5 Å². The molecule has 0 spiro atoms. The molecule has 1 heterocycles. The van der Waals surface area contributed by atoms with E-state index in [1.807, 2.05) is 12.1 Å². The minimum absolute atomic E-state index is 0.0219. The van der Waals surface area contributed by atoms with Gasteiger partial charge in [-0.15, -0.1) is 0 Å². The quantitative estimate of drug-likeness (QED) is 0.671. The van der Waals surface area contributed by atoms with E-state index in [-0.39, 0.29) is 17.1 Å². The summed E-state index contributed by atoms with van der Waals surface area (Å²) < 4.78 is 6.24. The zero-order valence-corrected chi connectivity index (χ0v) is 16.8. The molecule has 0 bridgehead atoms. The van der Waals surface area contributed by atoms with Gasteiger partial charge >= 0.3 is 0 Å². The number of fused-ring (bicyclic) bond motifs is 1. The second kappa shape index (κ2) is 7.61. The highest BCUT2D eigenvalue weighted by Gasteiger charge is 2.36. The van der Waals surface area contributed by atoms with Crippen molar-refractivity contribution in [2.75, 3.05) is 6.54 Å². The zero-order valence-electron chi connectivity index (χ0n) is 16.0. The molecule has 1 aliphatic rings. The third-order valence-electron chi connectivity index (χ3n) is 6.06. The third-order valence-corrected chi connectivity index (χ3v) is 6.36. The number of hydrogen-bond acceptors (Lipinski definition) is 3. The van der Waals surface area contributed by atoms with E-state index in [2.05, 4.69) is 36.2 Å². The zero-order chi connectivity index (χ0) is 19.7. The standard InChI is InChI=1S/C23H25ClN2O2/c1-15-2-4-17(5-3-15)23(14-25)9-6-18(7-10-23)28-21-12-16-8-11-26-22(27)19(16)13-20(21)24/h2-5,8,11-13,18H,6-7,9-10,14,25H2,1H3,(H,26,27). The average molecular weight is 397 g/mol. The van der Waals surface area contributed by atoms with E-state index in [9.17, 15) is 4.79 Å². The Hall–Kier alpha value is -2.30. The summed E-state index contributed by atoms with van der Waals surface area (Å²) in [5, 5.41) is 1.87. The number of benzene rings is 2. The van der Waals surface area contributed by atoms with Gasteiger partial charge in [-0.05, 0) is 61.8 Å². The van der Waals surface area contributed by atoms with Gasteiger partial charge in [0.25, 0.3) is 5.56 Å². The molecule has 3 N–H and O–H groups in total. The molecule has 146 valence electrons. The maximum Gasteiger partial charge on any atom is 0.255 e. The first kappa shape index (κ1) is 19.0. The molecule has 1 aromatic heterocycles. The van der Waals surface area contributed by atoms with Crippen LogP contribution < -0.4 is 16.0 Å². The van der Waals surface area contributed by atoms with E-state index >= 15 is 0 Å². The van der Waals surface area contributed by atoms with Crippen molar-refractivity contribution in [1.29, 1.82) is 0 Å². The molecule has 0 atom stereocenters. The summed E-state index contributed by atoms with van der Waals surface area (Å²) in [6.45, 7) is 2.74. The monoisotopic (exact) mass is 396 g/mol. The predicted octanol–water partition coefficient (Wildman–Crippen LogP) is 4.71. The van der Waals surface area contributed by atoms with Gasteiger partial charge in [0.1, 0.15) is 5.75 Å². The van der Waals surface area contributed by atoms with Crippen molar-refractivity contribution >= 4 is 22.4 Å². The summed E-state index contributed by atoms with van der Waals surface area (Å²) in [6, 6.07) is 14.1. The first-order valence-electron chi connectivity index (χ1n) is 9.76. The Bertz CT molecular complexity index is 1030. The highest BCUT2D eigenvalue weighted by atomic mass is 35.5. The van der Waals surface area contributed by atoms with Crippen molar-refractivity contribution in [1.82, 2.24) is 4.98 Å². The van der Waals surface area contributed by atoms with Crippen molar-refractivity contribution < 1.29 is 4.74 Å². The van der Waals surface area contributed by atoms with Gasteiger partial charge in [-0.3, -0.25) is 4.79 Å². The summed E-state index contributed by atoms with van der Waals surface area (Å²) >= 11 is 6.39. The van der Waals surface area contributed by atoms with Crippen molar-refractivity contribution in [2.45, 2.75) is 44.1 Å². The summed E-state index contributed by atoms with van der Waals surface area (Å²) in [6.07, 6.45) is 5.57. The number of halogens is 1. The SMILES string of the molecule is Cc1ccc(C2(CN)CCC(Oc3cc4cc[nH]c(=O)c4cc3Cl)CC2)cc1. The van der Waals surface area contributed by atoms with Gasteiger partial charge in [-0.2, -0.15) is 0 Å². The Kier molecular flexibility index (Phi) is 5.17. The lowest BCUT2D eigenvalue weighted by Crippen LogP contribution is -2.41. The molecular weight excluding hydrogens is 372 g/mol. The van der Waals surface area contributed by atoms with E-state index in [0.29, 0.717) is 22.7 Å². The van der Waals surface area contributed by atoms with Gasteiger partial charge in [0.15, 0.2) is 0 Å². The molecule has 0 radical (unpaired) electrons. The molecule has 1 saturated carbocycles. The van der Waals surface area contributed by atoms with Crippen LogP contribution in [0.3, 0.4) is 0 Å². The molecule has 0 saturated heterocycles. The number of aryl methyl sites for hydroxylation is 1. The van der Waals surface area contributed by atoms with Crippen LogP contribution in [0.1, 0.15) is 36.8 Å². The maximum atomic E-state index is 11.9. The van der Waals surface area contributed by atoms with Gasteiger partial charge in [0.2, 0.25) is 0 Å². The smallest absolute Gasteiger partial charge is 0.255 e. The lowest BCUT2D eigenvalue weighted by atomic mass is 9.68. The van der Waals surface area contributed by atoms with E-state index in [1.165, 1.54) is 11.1 Å². The molecule has 4 rings (SSSR count). The van der Waals surface area contributed by atoms with Crippen LogP contribution in [0, 0.1) is 6.92 Å². The molecule has 2 aromatic carbocycles. The fourth-order valence-corrected chi connectivity index (χ4v) is 4.45. The normalized spacial score (nSPS) is 22.3. The summed E-state index contributed by atoms with van der Waals surface area (Å²) in [7, 11) is 0. The van der Waals surface area contributed by atoms with E-state index in [1.54, 1.807) is 12.3 Å². The first-order valence-corrected chi connectivity index (χ1v) is 10.1. The fourth-order valence-electron chi connectivity index (χ4n) is 4.24. The number of pyridine rings is 1. The highest BCUT2D eigenvalue weighted by Crippen LogP contribution is 2.41. The van der Waals surface area contributed by atoms with Crippen molar-refractivity contribution in [2.24, 2.45) is 5.73 Å². The summed E-state index contributed by atoms with van der Waals surface area (Å²) in [5.41, 5.74) is 8.67. The topological polar surface area (TPSA) is 68.1 Å². The van der Waals surface area contributed by atoms with Gasteiger partial charge in [0.05, 0.1) is 11.1 Å². The maximum absolute atomic E-state index is 11.9. The Balaban J connectivity index is 1.51. The van der Waals surface area contributed by atoms with Gasteiger partial charge in [0, 0.05) is 23.5 Å². The number of hydrogen-bond donors (Lipinski definition) is 2. The van der Waals surface area contributed by atoms with Crippen molar-refractivity contribution in [3.05, 3.63) is 75.2 Å². The van der Waals surface area contributed by atoms with Crippen LogP contribution in [0.4, 0.5) is 0 Å². The number of rotatable bonds is 4. The summed E-state index contributed by atoms with van der Waals surface area (Å²) in [4.78, 5) is 14.6. The molecular formula is C23H25ClN2O2. The lowest BCUT2D eigenvalue weighted by molar-refractivity contribution is 0.118. The second-order valence-electron chi connectivity index (χ2n) is 7.84. The van der Waals surface area contributed by atoms with Crippen LogP contribution >= 0.6 is 11.6 Å². The molecule has 4 nitrogen and oxygen atoms in total. The molecule has 0 unspecified atom stereocenters. The molecule has 3 aromatic rings. The van der Waals surface area contributed by atoms with Crippen LogP contribution in [-0.2, 0) is 5.41 Å². The first-order chi connectivity index (χ1) is 13.5. The number of nitrogens with two attached hydrogens (primary N) is 1. The van der Waals surface area contributed by atoms with Gasteiger partial charge in [-0.1, -0.05) is 41.4 Å². The Morgan fingerprint density at radius 3 is 2.57 bits per heavy atom. The predicted molar refractivity (Wildman–Crippen MR) is 114 cm³/mol. The molecule has 1 fully saturated rings. The Labute approximate surface area is 169 Å². The second-order valence-corrected chi connectivity index (χ2v) is 8.25. The van der Waals surface area contributed by atoms with Crippen LogP contribution in [0.2, 0.25) is 5.02 Å². The number of nitrogens with one attached hydrogen (secondary N) is 1. The third kappa shape index (κ3) is 3.54. The Morgan fingerprint density at radius 1 is 1.18 bits per heavy atom. The number of ether oxygens (including phenoxy) is 1. The van der Waals surface area contributed by atoms with Gasteiger partial charge in [-0.25, -0.2) is 0 Å². The average Bonchev–Trinajstić information content (AvgIpc) is 2.71. The van der Waals surface area contributed by atoms with Crippen LogP contribution in [0.25, 0.3) is 10.8 Å². The fraction of sp³-hybridized carbons (Fsp3) is 0.348. The molecule has 0 amide bonds. The molecule has 1 aliphatic carbocycles. The number of aromatic amines is 1. The molecule has 5 heteroatoms. The Morgan fingerprint density at radius 2 is 1.89 bits per heavy atom. The minimum Gasteiger partial charge on any atom is -0.489 e. The van der Waals surface area contributed by atoms with Gasteiger partial charge < -0.3 is 15.5 Å². The highest BCUT2D eigenvalue weighted by molar-refractivity contribution is 6.32. The number of aromatic nitrogens is 1. The largest absolute Gasteiger partial charge is 0.489 e. The summed E-state index contributed by atoms with van der Waals surface area (Å²) in [5.74, 6) is 0.639. The van der Waals surface area contributed by atoms with Crippen molar-refractivity contribution in [3.63, 3.8) is 0 Å². The number of H-pyrrole nitrogens is 1. The van der Waals surface area contributed by atoms with E-state index < -0.39 is 0 Å². The molecule has 0 aliphatic heterocycles. The molecule has 28 heavy (non-hydrogen) atoms. The van der Waals surface area contributed by atoms with Crippen LogP contribution in [0.5, 0.6) is 5.75 Å². The minimum atomic E-state index is -0.144. The van der Waals surface area contributed by atoms with Crippen LogP contribution in [-0.4, -0.2) is 17.6 Å².